The van der Waals surface area contributed by atoms with Crippen molar-refractivity contribution in [2.24, 2.45) is 4.99 Å². The average Bonchev–Trinajstić information content (AvgIpc) is 3.67. The first-order valence-corrected chi connectivity index (χ1v) is 14.3. The Morgan fingerprint density at radius 2 is 1.89 bits per heavy atom. The maximum atomic E-state index is 13.5. The molecular weight excluding hydrogens is 490 g/mol. The summed E-state index contributed by atoms with van der Waals surface area (Å²) in [6.07, 6.45) is 10.2. The van der Waals surface area contributed by atoms with Gasteiger partial charge in [-0.1, -0.05) is 43.5 Å². The minimum Gasteiger partial charge on any atom is -0.359 e. The van der Waals surface area contributed by atoms with E-state index in [0.717, 1.165) is 56.3 Å². The molecule has 1 aliphatic carbocycles. The number of nitrogens with one attached hydrogen (secondary N) is 1. The number of hydrogen-bond acceptors (Lipinski definition) is 6. The van der Waals surface area contributed by atoms with E-state index in [2.05, 4.69) is 16.8 Å². The van der Waals surface area contributed by atoms with Crippen LogP contribution in [0.25, 0.3) is 5.69 Å². The van der Waals surface area contributed by atoms with E-state index in [4.69, 9.17) is 9.52 Å². The number of para-hydroxylation sites is 1. The molecule has 196 valence electrons. The van der Waals surface area contributed by atoms with Crippen LogP contribution in [0.4, 0.5) is 5.82 Å². The van der Waals surface area contributed by atoms with Crippen LogP contribution in [0.2, 0.25) is 0 Å². The molecule has 1 amide bonds. The summed E-state index contributed by atoms with van der Waals surface area (Å²) in [5.74, 6) is 1.72. The molecule has 1 aliphatic heterocycles. The Bertz CT molecular complexity index is 1450. The molecule has 0 bridgehead atoms. The molecule has 1 N–H and O–H groups in total. The van der Waals surface area contributed by atoms with Crippen LogP contribution in [0, 0.1) is 13.8 Å². The number of anilines is 1. The number of aliphatic imine (C=N–C) groups is 1. The molecule has 37 heavy (non-hydrogen) atoms. The van der Waals surface area contributed by atoms with Crippen LogP contribution in [0.5, 0.6) is 0 Å². The molecule has 5 rings (SSSR count). The number of aromatic nitrogens is 2. The van der Waals surface area contributed by atoms with E-state index >= 15 is 0 Å². The standard InChI is InChI=1S/C27H33N5O4S/c1-4-5-12-24-28-27(14-8-9-15-27)26(33)32(24)18-21-13-16-31(17-21)22-10-6-7-11-23(22)37(34,35)30-25-19(2)20(3)36-29-25/h6-7,10-11,13,16-17H,4-5,8-9,12,14-15,18H2,1-3H3,(H,29,30). The summed E-state index contributed by atoms with van der Waals surface area (Å²) in [4.78, 5) is 20.4. The molecule has 9 nitrogen and oxygen atoms in total. The van der Waals surface area contributed by atoms with Crippen molar-refractivity contribution >= 4 is 27.6 Å². The van der Waals surface area contributed by atoms with Crippen LogP contribution in [-0.2, 0) is 21.4 Å². The van der Waals surface area contributed by atoms with Gasteiger partial charge in [-0.3, -0.25) is 19.4 Å². The Hall–Kier alpha value is -3.40. The summed E-state index contributed by atoms with van der Waals surface area (Å²) in [5, 5.41) is 3.83. The Kier molecular flexibility index (Phi) is 6.70. The van der Waals surface area contributed by atoms with Gasteiger partial charge in [-0.2, -0.15) is 0 Å². The van der Waals surface area contributed by atoms with Gasteiger partial charge in [0.2, 0.25) is 0 Å². The first-order chi connectivity index (χ1) is 17.7. The van der Waals surface area contributed by atoms with Crippen molar-refractivity contribution in [1.29, 1.82) is 0 Å². The van der Waals surface area contributed by atoms with Crippen LogP contribution in [0.1, 0.15) is 68.8 Å². The number of benzene rings is 1. The molecule has 3 heterocycles. The summed E-state index contributed by atoms with van der Waals surface area (Å²) in [6.45, 7) is 6.04. The van der Waals surface area contributed by atoms with Crippen molar-refractivity contribution in [2.45, 2.75) is 82.7 Å². The number of carbonyl (C=O) groups excluding carboxylic acids is 1. The van der Waals surface area contributed by atoms with Crippen molar-refractivity contribution in [3.8, 4) is 5.69 Å². The minimum absolute atomic E-state index is 0.106. The van der Waals surface area contributed by atoms with Gasteiger partial charge in [-0.05, 0) is 56.9 Å². The van der Waals surface area contributed by atoms with E-state index in [1.54, 1.807) is 42.7 Å². The smallest absolute Gasteiger partial charge is 0.265 e. The topological polar surface area (TPSA) is 110 Å². The largest absolute Gasteiger partial charge is 0.359 e. The normalized spacial score (nSPS) is 17.1. The van der Waals surface area contributed by atoms with Crippen molar-refractivity contribution in [1.82, 2.24) is 14.6 Å². The Morgan fingerprint density at radius 3 is 2.59 bits per heavy atom. The second-order valence-corrected chi connectivity index (χ2v) is 11.6. The van der Waals surface area contributed by atoms with Gasteiger partial charge in [0.1, 0.15) is 22.0 Å². The average molecular weight is 524 g/mol. The quantitative estimate of drug-likeness (QED) is 0.418. The van der Waals surface area contributed by atoms with Gasteiger partial charge in [0.05, 0.1) is 12.2 Å². The fourth-order valence-electron chi connectivity index (χ4n) is 5.16. The van der Waals surface area contributed by atoms with E-state index in [1.807, 2.05) is 23.4 Å². The van der Waals surface area contributed by atoms with E-state index in [0.29, 0.717) is 23.6 Å². The third-order valence-corrected chi connectivity index (χ3v) is 8.78. The van der Waals surface area contributed by atoms with E-state index in [9.17, 15) is 13.2 Å². The van der Waals surface area contributed by atoms with Gasteiger partial charge in [0.25, 0.3) is 15.9 Å². The second kappa shape index (κ2) is 9.81. The SMILES string of the molecule is CCCCC1=NC2(CCCC2)C(=O)N1Cc1ccn(-c2ccccc2S(=O)(=O)Nc2noc(C)c2C)c1. The molecule has 3 aromatic rings. The van der Waals surface area contributed by atoms with E-state index in [1.165, 1.54) is 0 Å². The Balaban J connectivity index is 1.41. The third kappa shape index (κ3) is 4.70. The number of sulfonamides is 1. The van der Waals surface area contributed by atoms with Crippen LogP contribution in [-0.4, -0.2) is 40.3 Å². The molecule has 1 aromatic carbocycles. The molecule has 0 atom stereocenters. The zero-order chi connectivity index (χ0) is 26.2. The predicted molar refractivity (Wildman–Crippen MR) is 141 cm³/mol. The highest BCUT2D eigenvalue weighted by Gasteiger charge is 2.49. The Labute approximate surface area is 217 Å². The van der Waals surface area contributed by atoms with Crippen molar-refractivity contribution in [2.75, 3.05) is 4.72 Å². The first kappa shape index (κ1) is 25.3. The summed E-state index contributed by atoms with van der Waals surface area (Å²) in [7, 11) is -3.93. The molecule has 1 saturated carbocycles. The molecule has 2 aliphatic rings. The molecule has 1 fully saturated rings. The highest BCUT2D eigenvalue weighted by atomic mass is 32.2. The highest BCUT2D eigenvalue weighted by molar-refractivity contribution is 7.92. The number of aryl methyl sites for hydroxylation is 1. The summed E-state index contributed by atoms with van der Waals surface area (Å²) in [6, 6.07) is 8.71. The number of nitrogens with zero attached hydrogens (tertiary/aromatic N) is 4. The third-order valence-electron chi connectivity index (χ3n) is 7.40. The van der Waals surface area contributed by atoms with Gasteiger partial charge < -0.3 is 9.09 Å². The van der Waals surface area contributed by atoms with Crippen LogP contribution < -0.4 is 4.72 Å². The minimum atomic E-state index is -3.93. The van der Waals surface area contributed by atoms with Crippen LogP contribution in [0.3, 0.4) is 0 Å². The predicted octanol–water partition coefficient (Wildman–Crippen LogP) is 5.13. The zero-order valence-electron chi connectivity index (χ0n) is 21.5. The number of amides is 1. The van der Waals surface area contributed by atoms with E-state index < -0.39 is 15.6 Å². The number of amidine groups is 1. The van der Waals surface area contributed by atoms with Gasteiger partial charge in [-0.15, -0.1) is 0 Å². The lowest BCUT2D eigenvalue weighted by Crippen LogP contribution is -2.40. The molecule has 1 spiro atoms. The van der Waals surface area contributed by atoms with Crippen LogP contribution in [0.15, 0.2) is 57.1 Å². The van der Waals surface area contributed by atoms with Crippen LogP contribution >= 0.6 is 0 Å². The van der Waals surface area contributed by atoms with Gasteiger partial charge in [-0.25, -0.2) is 8.42 Å². The fraction of sp³-hybridized carbons (Fsp3) is 0.444. The first-order valence-electron chi connectivity index (χ1n) is 12.9. The number of hydrogen-bond donors (Lipinski definition) is 1. The second-order valence-electron chi connectivity index (χ2n) is 9.97. The van der Waals surface area contributed by atoms with Crippen molar-refractivity contribution < 1.29 is 17.7 Å². The summed E-state index contributed by atoms with van der Waals surface area (Å²) in [5.41, 5.74) is 1.48. The van der Waals surface area contributed by atoms with Gasteiger partial charge in [0.15, 0.2) is 5.82 Å². The zero-order valence-corrected chi connectivity index (χ0v) is 22.3. The number of unbranched alkanes of at least 4 members (excludes halogenated alkanes) is 1. The molecule has 2 aromatic heterocycles. The maximum Gasteiger partial charge on any atom is 0.265 e. The number of rotatable bonds is 9. The van der Waals surface area contributed by atoms with Crippen molar-refractivity contribution in [3.05, 3.63) is 59.6 Å². The number of carbonyl (C=O) groups is 1. The van der Waals surface area contributed by atoms with Crippen molar-refractivity contribution in [3.63, 3.8) is 0 Å². The highest BCUT2D eigenvalue weighted by Crippen LogP contribution is 2.40. The summed E-state index contributed by atoms with van der Waals surface area (Å²) < 4.78 is 36.0. The Morgan fingerprint density at radius 1 is 1.14 bits per heavy atom. The molecular formula is C27H33N5O4S. The van der Waals surface area contributed by atoms with E-state index in [-0.39, 0.29) is 16.6 Å². The molecule has 10 heteroatoms. The lowest BCUT2D eigenvalue weighted by molar-refractivity contribution is -0.131. The molecule has 0 saturated heterocycles. The summed E-state index contributed by atoms with van der Waals surface area (Å²) >= 11 is 0. The van der Waals surface area contributed by atoms with Gasteiger partial charge >= 0.3 is 0 Å². The lowest BCUT2D eigenvalue weighted by Gasteiger charge is -2.22. The molecule has 0 radical (unpaired) electrons. The molecule has 0 unspecified atom stereocenters. The van der Waals surface area contributed by atoms with Gasteiger partial charge in [0, 0.05) is 24.4 Å². The fourth-order valence-corrected chi connectivity index (χ4v) is 6.42. The lowest BCUT2D eigenvalue weighted by atomic mass is 9.98. The monoisotopic (exact) mass is 523 g/mol. The maximum absolute atomic E-state index is 13.5.